The van der Waals surface area contributed by atoms with Gasteiger partial charge in [-0.25, -0.2) is 0 Å². The Kier molecular flexibility index (Phi) is 3.66. The van der Waals surface area contributed by atoms with E-state index in [1.807, 2.05) is 19.1 Å². The van der Waals surface area contributed by atoms with Crippen LogP contribution in [0, 0.1) is 17.0 Å². The molecule has 2 heterocycles. The second-order valence-electron chi connectivity index (χ2n) is 5.98. The van der Waals surface area contributed by atoms with Crippen molar-refractivity contribution >= 4 is 27.6 Å². The van der Waals surface area contributed by atoms with Gasteiger partial charge < -0.3 is 18.7 Å². The molecule has 0 fully saturated rings. The van der Waals surface area contributed by atoms with Gasteiger partial charge in [-0.05, 0) is 31.2 Å². The van der Waals surface area contributed by atoms with Gasteiger partial charge in [-0.2, -0.15) is 0 Å². The summed E-state index contributed by atoms with van der Waals surface area (Å²) in [4.78, 5) is 10.4. The monoisotopic (exact) mass is 353 g/mol. The SMILES string of the molecule is COc1ccc2c(C)c(C(O)c3cc4ccc([N+](=O)[O-])cc4o3)oc2c1. The Hall–Kier alpha value is -3.32. The maximum Gasteiger partial charge on any atom is 0.273 e. The van der Waals surface area contributed by atoms with Gasteiger partial charge in [0.15, 0.2) is 6.10 Å². The van der Waals surface area contributed by atoms with E-state index in [1.165, 1.54) is 12.1 Å². The summed E-state index contributed by atoms with van der Waals surface area (Å²) in [5.41, 5.74) is 1.66. The number of fused-ring (bicyclic) bond motifs is 2. The van der Waals surface area contributed by atoms with Crippen LogP contribution in [0.15, 0.2) is 51.3 Å². The Balaban J connectivity index is 1.78. The van der Waals surface area contributed by atoms with Crippen molar-refractivity contribution in [3.63, 3.8) is 0 Å². The lowest BCUT2D eigenvalue weighted by Crippen LogP contribution is -1.97. The van der Waals surface area contributed by atoms with Crippen molar-refractivity contribution in [2.24, 2.45) is 0 Å². The second-order valence-corrected chi connectivity index (χ2v) is 5.98. The van der Waals surface area contributed by atoms with Crippen LogP contribution < -0.4 is 4.74 Å². The van der Waals surface area contributed by atoms with E-state index >= 15 is 0 Å². The topological polar surface area (TPSA) is 98.9 Å². The number of rotatable bonds is 4. The van der Waals surface area contributed by atoms with Crippen LogP contribution in [0.1, 0.15) is 23.2 Å². The van der Waals surface area contributed by atoms with E-state index in [4.69, 9.17) is 13.6 Å². The zero-order valence-electron chi connectivity index (χ0n) is 14.1. The minimum atomic E-state index is -1.13. The molecule has 2 aromatic carbocycles. The summed E-state index contributed by atoms with van der Waals surface area (Å²) in [5, 5.41) is 23.2. The van der Waals surface area contributed by atoms with Crippen molar-refractivity contribution in [1.29, 1.82) is 0 Å². The Morgan fingerprint density at radius 2 is 1.92 bits per heavy atom. The van der Waals surface area contributed by atoms with Gasteiger partial charge in [0.2, 0.25) is 0 Å². The van der Waals surface area contributed by atoms with Crippen LogP contribution in [-0.4, -0.2) is 17.1 Å². The smallest absolute Gasteiger partial charge is 0.273 e. The zero-order valence-corrected chi connectivity index (χ0v) is 14.1. The van der Waals surface area contributed by atoms with Crippen LogP contribution in [0.5, 0.6) is 5.75 Å². The number of methoxy groups -OCH3 is 1. The van der Waals surface area contributed by atoms with Crippen LogP contribution in [-0.2, 0) is 0 Å². The Labute approximate surface area is 147 Å². The highest BCUT2D eigenvalue weighted by Gasteiger charge is 2.24. The minimum Gasteiger partial charge on any atom is -0.497 e. The molecule has 7 nitrogen and oxygen atoms in total. The van der Waals surface area contributed by atoms with Crippen LogP contribution in [0.4, 0.5) is 5.69 Å². The Morgan fingerprint density at radius 1 is 1.12 bits per heavy atom. The van der Waals surface area contributed by atoms with E-state index in [-0.39, 0.29) is 11.4 Å². The van der Waals surface area contributed by atoms with Gasteiger partial charge in [-0.1, -0.05) is 0 Å². The molecule has 7 heteroatoms. The number of ether oxygens (including phenoxy) is 1. The fraction of sp³-hybridized carbons (Fsp3) is 0.158. The lowest BCUT2D eigenvalue weighted by Gasteiger charge is -2.05. The van der Waals surface area contributed by atoms with Crippen LogP contribution >= 0.6 is 0 Å². The molecule has 4 rings (SSSR count). The molecule has 26 heavy (non-hydrogen) atoms. The molecule has 0 saturated carbocycles. The number of aliphatic hydroxyl groups is 1. The molecule has 1 unspecified atom stereocenters. The molecule has 1 atom stereocenters. The first-order valence-electron chi connectivity index (χ1n) is 7.91. The Morgan fingerprint density at radius 3 is 2.65 bits per heavy atom. The van der Waals surface area contributed by atoms with E-state index in [0.717, 1.165) is 10.9 Å². The fourth-order valence-corrected chi connectivity index (χ4v) is 3.03. The van der Waals surface area contributed by atoms with Crippen LogP contribution in [0.2, 0.25) is 0 Å². The zero-order chi connectivity index (χ0) is 18.4. The molecule has 0 amide bonds. The fourth-order valence-electron chi connectivity index (χ4n) is 3.03. The summed E-state index contributed by atoms with van der Waals surface area (Å²) in [7, 11) is 1.57. The highest BCUT2D eigenvalue weighted by Crippen LogP contribution is 2.36. The summed E-state index contributed by atoms with van der Waals surface area (Å²) in [5.74, 6) is 1.28. The van der Waals surface area contributed by atoms with Gasteiger partial charge >= 0.3 is 0 Å². The highest BCUT2D eigenvalue weighted by molar-refractivity contribution is 5.84. The summed E-state index contributed by atoms with van der Waals surface area (Å²) in [6.07, 6.45) is -1.13. The number of hydrogen-bond donors (Lipinski definition) is 1. The summed E-state index contributed by atoms with van der Waals surface area (Å²) in [6, 6.07) is 11.4. The number of hydrogen-bond acceptors (Lipinski definition) is 6. The van der Waals surface area contributed by atoms with Gasteiger partial charge in [0.1, 0.15) is 28.4 Å². The van der Waals surface area contributed by atoms with Crippen molar-refractivity contribution in [2.75, 3.05) is 7.11 Å². The number of nitro benzene ring substituents is 1. The number of nitro groups is 1. The van der Waals surface area contributed by atoms with Gasteiger partial charge in [0.05, 0.1) is 18.1 Å². The molecule has 0 radical (unpaired) electrons. The number of furan rings is 2. The van der Waals surface area contributed by atoms with Crippen molar-refractivity contribution in [1.82, 2.24) is 0 Å². The molecule has 0 aliphatic carbocycles. The average molecular weight is 353 g/mol. The van der Waals surface area contributed by atoms with E-state index in [2.05, 4.69) is 0 Å². The molecule has 132 valence electrons. The van der Waals surface area contributed by atoms with Gasteiger partial charge in [-0.15, -0.1) is 0 Å². The van der Waals surface area contributed by atoms with Gasteiger partial charge in [0.25, 0.3) is 5.69 Å². The summed E-state index contributed by atoms with van der Waals surface area (Å²) < 4.78 is 16.6. The Bertz CT molecular complexity index is 1140. The quantitative estimate of drug-likeness (QED) is 0.429. The van der Waals surface area contributed by atoms with Crippen LogP contribution in [0.3, 0.4) is 0 Å². The molecule has 1 N–H and O–H groups in total. The molecule has 0 spiro atoms. The molecule has 2 aromatic heterocycles. The van der Waals surface area contributed by atoms with E-state index in [0.29, 0.717) is 28.1 Å². The van der Waals surface area contributed by atoms with Crippen molar-refractivity contribution in [3.05, 3.63) is 69.7 Å². The third kappa shape index (κ3) is 2.49. The second kappa shape index (κ2) is 5.89. The van der Waals surface area contributed by atoms with Gasteiger partial charge in [-0.3, -0.25) is 10.1 Å². The number of aliphatic hydroxyl groups excluding tert-OH is 1. The van der Waals surface area contributed by atoms with E-state index in [1.54, 1.807) is 25.3 Å². The lowest BCUT2D eigenvalue weighted by atomic mass is 10.1. The highest BCUT2D eigenvalue weighted by atomic mass is 16.6. The first-order valence-corrected chi connectivity index (χ1v) is 7.91. The summed E-state index contributed by atoms with van der Waals surface area (Å²) in [6.45, 7) is 1.85. The maximum atomic E-state index is 10.9. The third-order valence-electron chi connectivity index (χ3n) is 4.43. The van der Waals surface area contributed by atoms with Crippen LogP contribution in [0.25, 0.3) is 21.9 Å². The van der Waals surface area contributed by atoms with Crippen molar-refractivity contribution in [2.45, 2.75) is 13.0 Å². The number of non-ortho nitro benzene ring substituents is 1. The maximum absolute atomic E-state index is 10.9. The van der Waals surface area contributed by atoms with Crippen molar-refractivity contribution < 1.29 is 23.6 Å². The molecular weight excluding hydrogens is 338 g/mol. The van der Waals surface area contributed by atoms with Gasteiger partial charge in [0, 0.05) is 28.5 Å². The predicted octanol–water partition coefficient (Wildman–Crippen LogP) is 4.49. The first kappa shape index (κ1) is 16.2. The normalized spacial score (nSPS) is 12.6. The van der Waals surface area contributed by atoms with E-state index in [9.17, 15) is 15.2 Å². The number of benzene rings is 2. The largest absolute Gasteiger partial charge is 0.497 e. The minimum absolute atomic E-state index is 0.0695. The third-order valence-corrected chi connectivity index (χ3v) is 4.43. The van der Waals surface area contributed by atoms with Crippen molar-refractivity contribution in [3.8, 4) is 5.75 Å². The molecule has 0 aliphatic rings. The average Bonchev–Trinajstić information content (AvgIpc) is 3.21. The standard InChI is InChI=1S/C19H15NO6/c1-10-14-6-5-13(24-2)9-16(14)26-19(10)18(21)17-7-11-3-4-12(20(22)23)8-15(11)25-17/h3-9,18,21H,1-2H3. The number of aryl methyl sites for hydroxylation is 1. The lowest BCUT2D eigenvalue weighted by molar-refractivity contribution is -0.384. The number of nitrogens with zero attached hydrogens (tertiary/aromatic N) is 1. The molecule has 4 aromatic rings. The molecule has 0 aliphatic heterocycles. The molecular formula is C19H15NO6. The van der Waals surface area contributed by atoms with E-state index < -0.39 is 11.0 Å². The molecule has 0 bridgehead atoms. The molecule has 0 saturated heterocycles. The first-order chi connectivity index (χ1) is 12.5. The summed E-state index contributed by atoms with van der Waals surface area (Å²) >= 11 is 0. The predicted molar refractivity (Wildman–Crippen MR) is 94.4 cm³/mol.